The fraction of sp³-hybridized carbons (Fsp3) is 0.650. The molecule has 2 saturated heterocycles. The lowest BCUT2D eigenvalue weighted by molar-refractivity contribution is 0.0383. The first-order valence-corrected chi connectivity index (χ1v) is 12.0. The second-order valence-electron chi connectivity index (χ2n) is 7.48. The quantitative estimate of drug-likeness (QED) is 0.643. The maximum atomic E-state index is 12.3. The van der Waals surface area contributed by atoms with Gasteiger partial charge < -0.3 is 10.1 Å². The van der Waals surface area contributed by atoms with E-state index in [1.807, 2.05) is 24.3 Å². The lowest BCUT2D eigenvalue weighted by Crippen LogP contribution is -2.48. The summed E-state index contributed by atoms with van der Waals surface area (Å²) in [5.74, 6) is 0.103. The van der Waals surface area contributed by atoms with Gasteiger partial charge in [-0.2, -0.15) is 4.31 Å². The van der Waals surface area contributed by atoms with Gasteiger partial charge in [-0.05, 0) is 24.6 Å². The van der Waals surface area contributed by atoms with Crippen molar-refractivity contribution in [3.63, 3.8) is 0 Å². The van der Waals surface area contributed by atoms with E-state index in [1.165, 1.54) is 0 Å². The summed E-state index contributed by atoms with van der Waals surface area (Å²) in [7, 11) is -3.09. The van der Waals surface area contributed by atoms with Crippen molar-refractivity contribution in [1.29, 1.82) is 0 Å². The first kappa shape index (κ1) is 22.2. The molecule has 1 N–H and O–H groups in total. The number of rotatable bonds is 8. The molecule has 0 unspecified atom stereocenters. The van der Waals surface area contributed by atoms with Gasteiger partial charge in [0.2, 0.25) is 10.0 Å². The average molecular weight is 425 g/mol. The van der Waals surface area contributed by atoms with Crippen molar-refractivity contribution >= 4 is 15.9 Å². The van der Waals surface area contributed by atoms with Crippen LogP contribution in [0.15, 0.2) is 24.3 Å². The highest BCUT2D eigenvalue weighted by molar-refractivity contribution is 7.89. The van der Waals surface area contributed by atoms with Crippen LogP contribution in [0.4, 0.5) is 0 Å². The molecule has 0 atom stereocenters. The van der Waals surface area contributed by atoms with Crippen LogP contribution in [0.5, 0.6) is 0 Å². The molecule has 2 aliphatic rings. The number of amides is 1. The van der Waals surface area contributed by atoms with Gasteiger partial charge in [-0.3, -0.25) is 14.6 Å². The molecule has 0 aliphatic carbocycles. The number of benzene rings is 1. The molecule has 2 aliphatic heterocycles. The Morgan fingerprint density at radius 1 is 1.00 bits per heavy atom. The van der Waals surface area contributed by atoms with Crippen LogP contribution in [0, 0.1) is 0 Å². The minimum absolute atomic E-state index is 0.0526. The van der Waals surface area contributed by atoms with Crippen LogP contribution in [0.3, 0.4) is 0 Å². The van der Waals surface area contributed by atoms with Crippen LogP contribution in [0.2, 0.25) is 0 Å². The zero-order chi connectivity index (χ0) is 20.7. The van der Waals surface area contributed by atoms with E-state index in [0.29, 0.717) is 25.2 Å². The molecule has 0 aromatic heterocycles. The van der Waals surface area contributed by atoms with Crippen molar-refractivity contribution < 1.29 is 17.9 Å². The Kier molecular flexibility index (Phi) is 8.02. The maximum absolute atomic E-state index is 12.3. The Balaban J connectivity index is 1.41. The summed E-state index contributed by atoms with van der Waals surface area (Å²) in [5.41, 5.74) is 1.79. The molecule has 162 valence electrons. The Morgan fingerprint density at radius 2 is 1.66 bits per heavy atom. The van der Waals surface area contributed by atoms with Gasteiger partial charge in [0.25, 0.3) is 5.91 Å². The number of carbonyl (C=O) groups is 1. The molecule has 0 bridgehead atoms. The van der Waals surface area contributed by atoms with E-state index < -0.39 is 10.0 Å². The summed E-state index contributed by atoms with van der Waals surface area (Å²) in [5, 5.41) is 2.98. The molecule has 0 radical (unpaired) electrons. The van der Waals surface area contributed by atoms with Crippen LogP contribution in [-0.2, 0) is 21.3 Å². The number of ether oxygens (including phenoxy) is 1. The SMILES string of the molecule is CCS(=O)(=O)N1CCN(Cc2ccc(C(=O)NCCN3CCOCC3)cc2)CC1. The van der Waals surface area contributed by atoms with Crippen LogP contribution in [0.1, 0.15) is 22.8 Å². The number of hydrogen-bond donors (Lipinski definition) is 1. The van der Waals surface area contributed by atoms with Gasteiger partial charge in [0.05, 0.1) is 19.0 Å². The minimum Gasteiger partial charge on any atom is -0.379 e. The largest absolute Gasteiger partial charge is 0.379 e. The number of sulfonamides is 1. The van der Waals surface area contributed by atoms with E-state index in [9.17, 15) is 13.2 Å². The Labute approximate surface area is 173 Å². The number of nitrogens with zero attached hydrogens (tertiary/aromatic N) is 3. The lowest BCUT2D eigenvalue weighted by atomic mass is 10.1. The van der Waals surface area contributed by atoms with Crippen LogP contribution in [-0.4, -0.2) is 99.8 Å². The van der Waals surface area contributed by atoms with Gasteiger partial charge in [-0.1, -0.05) is 12.1 Å². The second-order valence-corrected chi connectivity index (χ2v) is 9.74. The molecule has 8 nitrogen and oxygen atoms in total. The van der Waals surface area contributed by atoms with E-state index in [-0.39, 0.29) is 11.7 Å². The highest BCUT2D eigenvalue weighted by Crippen LogP contribution is 2.12. The summed E-state index contributed by atoms with van der Waals surface area (Å²) in [6, 6.07) is 7.67. The third-order valence-corrected chi connectivity index (χ3v) is 7.41. The summed E-state index contributed by atoms with van der Waals surface area (Å²) in [4.78, 5) is 16.9. The van der Waals surface area contributed by atoms with E-state index in [4.69, 9.17) is 4.74 Å². The van der Waals surface area contributed by atoms with Gasteiger partial charge in [0.1, 0.15) is 0 Å². The third-order valence-electron chi connectivity index (χ3n) is 5.53. The topological polar surface area (TPSA) is 82.2 Å². The van der Waals surface area contributed by atoms with Crippen molar-refractivity contribution in [2.45, 2.75) is 13.5 Å². The normalized spacial score (nSPS) is 19.9. The highest BCUT2D eigenvalue weighted by Gasteiger charge is 2.25. The molecule has 1 amide bonds. The maximum Gasteiger partial charge on any atom is 0.251 e. The van der Waals surface area contributed by atoms with E-state index in [2.05, 4.69) is 15.1 Å². The molecule has 0 saturated carbocycles. The summed E-state index contributed by atoms with van der Waals surface area (Å²) in [6.07, 6.45) is 0. The van der Waals surface area contributed by atoms with Gasteiger partial charge in [0, 0.05) is 64.5 Å². The van der Waals surface area contributed by atoms with Gasteiger partial charge in [-0.15, -0.1) is 0 Å². The molecule has 2 fully saturated rings. The van der Waals surface area contributed by atoms with Crippen LogP contribution < -0.4 is 5.32 Å². The highest BCUT2D eigenvalue weighted by atomic mass is 32.2. The predicted molar refractivity (Wildman–Crippen MR) is 112 cm³/mol. The fourth-order valence-electron chi connectivity index (χ4n) is 3.62. The number of piperazine rings is 1. The molecule has 1 aromatic rings. The first-order valence-electron chi connectivity index (χ1n) is 10.4. The van der Waals surface area contributed by atoms with Crippen molar-refractivity contribution in [3.8, 4) is 0 Å². The lowest BCUT2D eigenvalue weighted by Gasteiger charge is -2.33. The molecule has 9 heteroatoms. The van der Waals surface area contributed by atoms with Crippen molar-refractivity contribution in [2.75, 3.05) is 71.3 Å². The van der Waals surface area contributed by atoms with Crippen LogP contribution >= 0.6 is 0 Å². The van der Waals surface area contributed by atoms with E-state index in [0.717, 1.165) is 58.0 Å². The number of carbonyl (C=O) groups excluding carboxylic acids is 1. The second kappa shape index (κ2) is 10.5. The molecule has 2 heterocycles. The monoisotopic (exact) mass is 424 g/mol. The van der Waals surface area contributed by atoms with Crippen molar-refractivity contribution in [2.24, 2.45) is 0 Å². The zero-order valence-electron chi connectivity index (χ0n) is 17.2. The summed E-state index contributed by atoms with van der Waals surface area (Å²) in [6.45, 7) is 9.81. The van der Waals surface area contributed by atoms with Gasteiger partial charge in [-0.25, -0.2) is 8.42 Å². The predicted octanol–water partition coefficient (Wildman–Crippen LogP) is 0.216. The Hall–Kier alpha value is -1.52. The third kappa shape index (κ3) is 6.48. The molecule has 29 heavy (non-hydrogen) atoms. The van der Waals surface area contributed by atoms with Gasteiger partial charge in [0.15, 0.2) is 0 Å². The van der Waals surface area contributed by atoms with E-state index in [1.54, 1.807) is 11.2 Å². The molecule has 0 spiro atoms. The molecule has 3 rings (SSSR count). The number of hydrogen-bond acceptors (Lipinski definition) is 6. The summed E-state index contributed by atoms with van der Waals surface area (Å²) < 4.78 is 30.8. The van der Waals surface area contributed by atoms with Gasteiger partial charge >= 0.3 is 0 Å². The number of morpholine rings is 1. The minimum atomic E-state index is -3.09. The Bertz CT molecular complexity index is 755. The molecular weight excluding hydrogens is 392 g/mol. The number of nitrogens with one attached hydrogen (secondary N) is 1. The molecular formula is C20H32N4O4S. The fourth-order valence-corrected chi connectivity index (χ4v) is 4.71. The molecule has 1 aromatic carbocycles. The smallest absolute Gasteiger partial charge is 0.251 e. The van der Waals surface area contributed by atoms with Crippen molar-refractivity contribution in [1.82, 2.24) is 19.4 Å². The van der Waals surface area contributed by atoms with E-state index >= 15 is 0 Å². The zero-order valence-corrected chi connectivity index (χ0v) is 18.0. The first-order chi connectivity index (χ1) is 14.0. The van der Waals surface area contributed by atoms with Crippen molar-refractivity contribution in [3.05, 3.63) is 35.4 Å². The van der Waals surface area contributed by atoms with Crippen LogP contribution in [0.25, 0.3) is 0 Å². The average Bonchev–Trinajstić information content (AvgIpc) is 2.75. The standard InChI is InChI=1S/C20H32N4O4S/c1-2-29(26,27)24-11-9-23(10-12-24)17-18-3-5-19(6-4-18)20(25)21-7-8-22-13-15-28-16-14-22/h3-6H,2,7-17H2,1H3,(H,21,25). The Morgan fingerprint density at radius 3 is 2.28 bits per heavy atom. The summed E-state index contributed by atoms with van der Waals surface area (Å²) >= 11 is 0.